The van der Waals surface area contributed by atoms with Crippen molar-refractivity contribution in [1.82, 2.24) is 5.32 Å². The van der Waals surface area contributed by atoms with Crippen molar-refractivity contribution in [2.75, 3.05) is 0 Å². The summed E-state index contributed by atoms with van der Waals surface area (Å²) >= 11 is 0. The largest absolute Gasteiger partial charge is 0.481 e. The molecule has 0 fully saturated rings. The highest BCUT2D eigenvalue weighted by Gasteiger charge is 2.19. The van der Waals surface area contributed by atoms with E-state index in [2.05, 4.69) is 17.5 Å². The Labute approximate surface area is 138 Å². The molecule has 0 aromatic carbocycles. The maximum atomic E-state index is 11.4. The van der Waals surface area contributed by atoms with Gasteiger partial charge in [-0.15, -0.1) is 0 Å². The fourth-order valence-corrected chi connectivity index (χ4v) is 2.42. The van der Waals surface area contributed by atoms with Crippen LogP contribution in [0.25, 0.3) is 0 Å². The summed E-state index contributed by atoms with van der Waals surface area (Å²) in [6.45, 7) is 5.61. The summed E-state index contributed by atoms with van der Waals surface area (Å²) in [4.78, 5) is 21.7. The number of amides is 1. The molecule has 2 N–H and O–H groups in total. The molecule has 2 aliphatic rings. The van der Waals surface area contributed by atoms with Crippen molar-refractivity contribution in [3.05, 3.63) is 24.3 Å². The first-order valence-corrected chi connectivity index (χ1v) is 8.30. The quantitative estimate of drug-likeness (QED) is 0.752. The Bertz CT molecular complexity index is 448. The van der Waals surface area contributed by atoms with Gasteiger partial charge in [0.15, 0.2) is 0 Å². The maximum Gasteiger partial charge on any atom is 0.407 e. The van der Waals surface area contributed by atoms with E-state index in [1.165, 1.54) is 0 Å². The summed E-state index contributed by atoms with van der Waals surface area (Å²) in [5.41, 5.74) is -0.408. The lowest BCUT2D eigenvalue weighted by atomic mass is 9.95. The molecule has 0 radical (unpaired) electrons. The highest BCUT2D eigenvalue weighted by molar-refractivity contribution is 5.70. The van der Waals surface area contributed by atoms with Crippen LogP contribution in [0.2, 0.25) is 0 Å². The monoisotopic (exact) mass is 323 g/mol. The summed E-state index contributed by atoms with van der Waals surface area (Å²) < 4.78 is 5.17. The average Bonchev–Trinajstić information content (AvgIpc) is 2.48. The number of carbonyl (C=O) groups excluding carboxylic acids is 1. The van der Waals surface area contributed by atoms with Crippen LogP contribution in [0, 0.1) is 5.92 Å². The van der Waals surface area contributed by atoms with Crippen molar-refractivity contribution in [2.24, 2.45) is 5.92 Å². The summed E-state index contributed by atoms with van der Waals surface area (Å²) in [7, 11) is 0. The number of allylic oxidation sites excluding steroid dienone is 3. The SMILES string of the molecule is CC(C)(C)OC(=O)NC1CC=CCC1.O=C(O)C1CC=CCC1. The van der Waals surface area contributed by atoms with E-state index in [0.29, 0.717) is 0 Å². The Morgan fingerprint density at radius 3 is 2.04 bits per heavy atom. The topological polar surface area (TPSA) is 75.6 Å². The van der Waals surface area contributed by atoms with Crippen LogP contribution >= 0.6 is 0 Å². The molecule has 0 aliphatic heterocycles. The lowest BCUT2D eigenvalue weighted by molar-refractivity contribution is -0.141. The molecule has 0 heterocycles. The molecule has 0 aromatic heterocycles. The van der Waals surface area contributed by atoms with Gasteiger partial charge in [0.25, 0.3) is 0 Å². The number of ether oxygens (including phenoxy) is 1. The molecule has 2 rings (SSSR count). The number of carboxylic acids is 1. The maximum absolute atomic E-state index is 11.4. The molecule has 2 aliphatic carbocycles. The second-order valence-corrected chi connectivity index (χ2v) is 6.95. The lowest BCUT2D eigenvalue weighted by Crippen LogP contribution is -2.39. The van der Waals surface area contributed by atoms with E-state index in [4.69, 9.17) is 9.84 Å². The van der Waals surface area contributed by atoms with Crippen LogP contribution in [0.5, 0.6) is 0 Å². The predicted molar refractivity (Wildman–Crippen MR) is 90.3 cm³/mol. The molecule has 5 nitrogen and oxygen atoms in total. The number of carbonyl (C=O) groups is 2. The van der Waals surface area contributed by atoms with Crippen molar-refractivity contribution >= 4 is 12.1 Å². The van der Waals surface area contributed by atoms with Crippen molar-refractivity contribution < 1.29 is 19.4 Å². The van der Waals surface area contributed by atoms with Gasteiger partial charge in [-0.1, -0.05) is 24.3 Å². The fourth-order valence-electron chi connectivity index (χ4n) is 2.42. The van der Waals surface area contributed by atoms with Crippen LogP contribution in [0.1, 0.15) is 59.3 Å². The van der Waals surface area contributed by atoms with Gasteiger partial charge in [-0.25, -0.2) is 4.79 Å². The average molecular weight is 323 g/mol. The molecule has 0 aromatic rings. The summed E-state index contributed by atoms with van der Waals surface area (Å²) in [6.07, 6.45) is 13.4. The van der Waals surface area contributed by atoms with Crippen molar-refractivity contribution in [3.8, 4) is 0 Å². The van der Waals surface area contributed by atoms with E-state index >= 15 is 0 Å². The van der Waals surface area contributed by atoms with E-state index in [-0.39, 0.29) is 18.1 Å². The van der Waals surface area contributed by atoms with Gasteiger partial charge in [0.2, 0.25) is 0 Å². The van der Waals surface area contributed by atoms with Crippen molar-refractivity contribution in [3.63, 3.8) is 0 Å². The van der Waals surface area contributed by atoms with Crippen LogP contribution < -0.4 is 5.32 Å². The minimum atomic E-state index is -0.653. The molecule has 23 heavy (non-hydrogen) atoms. The standard InChI is InChI=1S/C11H19NO2.C7H10O2/c1-11(2,3)14-10(13)12-9-7-5-4-6-8-9;8-7(9)6-4-2-1-3-5-6/h4-5,9H,6-8H2,1-3H3,(H,12,13);1-2,6H,3-5H2,(H,8,9). The highest BCUT2D eigenvalue weighted by atomic mass is 16.6. The Kier molecular flexibility index (Phi) is 7.86. The van der Waals surface area contributed by atoms with E-state index in [1.807, 2.05) is 32.9 Å². The second kappa shape index (κ2) is 9.38. The fraction of sp³-hybridized carbons (Fsp3) is 0.667. The first-order valence-electron chi connectivity index (χ1n) is 8.30. The number of alkyl carbamates (subject to hydrolysis) is 1. The van der Waals surface area contributed by atoms with Crippen LogP contribution in [-0.2, 0) is 9.53 Å². The molecule has 1 amide bonds. The van der Waals surface area contributed by atoms with Gasteiger partial charge < -0.3 is 15.2 Å². The Balaban J connectivity index is 0.000000253. The molecule has 130 valence electrons. The lowest BCUT2D eigenvalue weighted by Gasteiger charge is -2.24. The van der Waals surface area contributed by atoms with E-state index in [9.17, 15) is 9.59 Å². The molecular formula is C18H29NO4. The molecule has 0 bridgehead atoms. The molecule has 2 unspecified atom stereocenters. The van der Waals surface area contributed by atoms with Gasteiger partial charge in [0.1, 0.15) is 5.60 Å². The Morgan fingerprint density at radius 1 is 1.04 bits per heavy atom. The van der Waals surface area contributed by atoms with Gasteiger partial charge >= 0.3 is 12.1 Å². The van der Waals surface area contributed by atoms with Crippen molar-refractivity contribution in [2.45, 2.75) is 70.9 Å². The normalized spacial score (nSPS) is 23.4. The molecule has 5 heteroatoms. The third-order valence-corrected chi connectivity index (χ3v) is 3.61. The third kappa shape index (κ3) is 9.06. The zero-order valence-corrected chi connectivity index (χ0v) is 14.4. The van der Waals surface area contributed by atoms with Gasteiger partial charge in [-0.2, -0.15) is 0 Å². The number of hydrogen-bond donors (Lipinski definition) is 2. The molecule has 0 saturated heterocycles. The molecular weight excluding hydrogens is 294 g/mol. The Morgan fingerprint density at radius 2 is 1.65 bits per heavy atom. The van der Waals surface area contributed by atoms with E-state index in [1.54, 1.807) is 0 Å². The van der Waals surface area contributed by atoms with Crippen LogP contribution in [0.4, 0.5) is 4.79 Å². The van der Waals surface area contributed by atoms with Gasteiger partial charge in [0.05, 0.1) is 5.92 Å². The highest BCUT2D eigenvalue weighted by Crippen LogP contribution is 2.17. The summed E-state index contributed by atoms with van der Waals surface area (Å²) in [6, 6.07) is 0.245. The van der Waals surface area contributed by atoms with Crippen LogP contribution in [0.3, 0.4) is 0 Å². The predicted octanol–water partition coefficient (Wildman–Crippen LogP) is 4.05. The molecule has 2 atom stereocenters. The van der Waals surface area contributed by atoms with Crippen LogP contribution in [-0.4, -0.2) is 28.8 Å². The van der Waals surface area contributed by atoms with Gasteiger partial charge in [-0.05, 0) is 59.3 Å². The summed E-state index contributed by atoms with van der Waals surface area (Å²) in [5.74, 6) is -0.769. The molecule has 0 saturated carbocycles. The zero-order chi connectivity index (χ0) is 17.3. The van der Waals surface area contributed by atoms with Crippen LogP contribution in [0.15, 0.2) is 24.3 Å². The number of aliphatic carboxylic acids is 1. The van der Waals surface area contributed by atoms with Crippen molar-refractivity contribution in [1.29, 1.82) is 0 Å². The smallest absolute Gasteiger partial charge is 0.407 e. The number of hydrogen-bond acceptors (Lipinski definition) is 3. The van der Waals surface area contributed by atoms with Gasteiger partial charge in [-0.3, -0.25) is 4.79 Å². The molecule has 0 spiro atoms. The first kappa shape index (κ1) is 19.3. The van der Waals surface area contributed by atoms with E-state index in [0.717, 1.165) is 38.5 Å². The Hall–Kier alpha value is -1.78. The number of rotatable bonds is 2. The third-order valence-electron chi connectivity index (χ3n) is 3.61. The summed E-state index contributed by atoms with van der Waals surface area (Å²) in [5, 5.41) is 11.4. The van der Waals surface area contributed by atoms with Gasteiger partial charge in [0, 0.05) is 6.04 Å². The zero-order valence-electron chi connectivity index (χ0n) is 14.4. The van der Waals surface area contributed by atoms with E-state index < -0.39 is 11.6 Å². The minimum absolute atomic E-state index is 0.116. The minimum Gasteiger partial charge on any atom is -0.481 e. The second-order valence-electron chi connectivity index (χ2n) is 6.95. The number of carboxylic acid groups (broad SMARTS) is 1. The first-order chi connectivity index (χ1) is 10.8. The number of nitrogens with one attached hydrogen (secondary N) is 1.